The van der Waals surface area contributed by atoms with Gasteiger partial charge in [-0.25, -0.2) is 18.1 Å². The molecule has 3 aromatic rings. The zero-order valence-corrected chi connectivity index (χ0v) is 17.9. The molecule has 0 aliphatic carbocycles. The minimum Gasteiger partial charge on any atom is -0.346 e. The molecule has 0 bridgehead atoms. The summed E-state index contributed by atoms with van der Waals surface area (Å²) in [4.78, 5) is 17.2. The van der Waals surface area contributed by atoms with Crippen LogP contribution >= 0.6 is 11.3 Å². The smallest absolute Gasteiger partial charge is 0.251 e. The molecule has 0 saturated heterocycles. The van der Waals surface area contributed by atoms with Gasteiger partial charge in [0, 0.05) is 11.1 Å². The van der Waals surface area contributed by atoms with E-state index in [-0.39, 0.29) is 17.3 Å². The fourth-order valence-electron chi connectivity index (χ4n) is 2.72. The van der Waals surface area contributed by atoms with E-state index in [0.29, 0.717) is 11.1 Å². The lowest BCUT2D eigenvalue weighted by Crippen LogP contribution is -2.40. The first-order valence-corrected chi connectivity index (χ1v) is 11.1. The molecule has 1 aromatic heterocycles. The number of carbonyl (C=O) groups excluding carboxylic acids is 1. The summed E-state index contributed by atoms with van der Waals surface area (Å²) in [6, 6.07) is 12.3. The van der Waals surface area contributed by atoms with Gasteiger partial charge in [0.1, 0.15) is 5.01 Å². The molecule has 1 amide bonds. The average Bonchev–Trinajstić information content (AvgIpc) is 3.00. The molecule has 0 atom stereocenters. The van der Waals surface area contributed by atoms with Gasteiger partial charge in [-0.1, -0.05) is 18.2 Å². The van der Waals surface area contributed by atoms with Gasteiger partial charge in [0.25, 0.3) is 5.91 Å². The monoisotopic (exact) mass is 417 g/mol. The average molecular weight is 418 g/mol. The first-order chi connectivity index (χ1) is 13.0. The van der Waals surface area contributed by atoms with Crippen LogP contribution in [0.4, 0.5) is 0 Å². The van der Waals surface area contributed by atoms with Crippen LogP contribution in [-0.2, 0) is 16.6 Å². The molecule has 0 radical (unpaired) electrons. The number of amides is 1. The van der Waals surface area contributed by atoms with Gasteiger partial charge in [0.05, 0.1) is 21.7 Å². The number of para-hydroxylation sites is 1. The minimum atomic E-state index is -3.72. The van der Waals surface area contributed by atoms with E-state index in [1.54, 1.807) is 33.8 Å². The summed E-state index contributed by atoms with van der Waals surface area (Å²) in [6.45, 7) is 7.37. The fraction of sp³-hybridized carbons (Fsp3) is 0.300. The first kappa shape index (κ1) is 20.4. The third-order valence-corrected chi connectivity index (χ3v) is 6.73. The Bertz CT molecular complexity index is 1100. The number of thiazole rings is 1. The summed E-state index contributed by atoms with van der Waals surface area (Å²) in [5.41, 5.74) is 1.32. The van der Waals surface area contributed by atoms with Crippen molar-refractivity contribution in [3.8, 4) is 0 Å². The lowest BCUT2D eigenvalue weighted by molar-refractivity contribution is 0.0950. The van der Waals surface area contributed by atoms with Crippen molar-refractivity contribution in [2.24, 2.45) is 0 Å². The van der Waals surface area contributed by atoms with Crippen LogP contribution in [0.25, 0.3) is 10.2 Å². The van der Waals surface area contributed by atoms with E-state index in [4.69, 9.17) is 0 Å². The number of aromatic nitrogens is 1. The van der Waals surface area contributed by atoms with Crippen LogP contribution < -0.4 is 10.0 Å². The van der Waals surface area contributed by atoms with Gasteiger partial charge < -0.3 is 5.32 Å². The molecule has 0 fully saturated rings. The second-order valence-corrected chi connectivity index (χ2v) is 10.4. The molecular formula is C20H23N3O3S2. The van der Waals surface area contributed by atoms with Gasteiger partial charge in [0.2, 0.25) is 10.0 Å². The standard InChI is InChI=1S/C20H23N3O3S2/c1-13-9-10-14(28(25,26)23-20(2,3)4)11-15(13)19(24)21-12-18-22-16-7-5-6-8-17(16)27-18/h5-11,23H,12H2,1-4H3,(H,21,24). The summed E-state index contributed by atoms with van der Waals surface area (Å²) in [6.07, 6.45) is 0. The minimum absolute atomic E-state index is 0.0677. The van der Waals surface area contributed by atoms with Crippen molar-refractivity contribution in [2.45, 2.75) is 44.7 Å². The van der Waals surface area contributed by atoms with E-state index in [1.807, 2.05) is 24.3 Å². The Kier molecular flexibility index (Phi) is 5.56. The van der Waals surface area contributed by atoms with Crippen molar-refractivity contribution < 1.29 is 13.2 Å². The Morgan fingerprint density at radius 1 is 1.14 bits per heavy atom. The van der Waals surface area contributed by atoms with Gasteiger partial charge >= 0.3 is 0 Å². The van der Waals surface area contributed by atoms with Crippen LogP contribution in [-0.4, -0.2) is 24.8 Å². The van der Waals surface area contributed by atoms with E-state index < -0.39 is 15.6 Å². The normalized spacial score (nSPS) is 12.3. The van der Waals surface area contributed by atoms with Crippen molar-refractivity contribution in [3.63, 3.8) is 0 Å². The van der Waals surface area contributed by atoms with Gasteiger partial charge in [0.15, 0.2) is 0 Å². The molecule has 2 N–H and O–H groups in total. The maximum Gasteiger partial charge on any atom is 0.251 e. The van der Waals surface area contributed by atoms with Crippen LogP contribution in [0.1, 0.15) is 41.7 Å². The maximum atomic E-state index is 12.7. The molecule has 0 unspecified atom stereocenters. The van der Waals surface area contributed by atoms with Crippen molar-refractivity contribution >= 4 is 37.5 Å². The molecule has 1 heterocycles. The van der Waals surface area contributed by atoms with E-state index in [0.717, 1.165) is 15.2 Å². The van der Waals surface area contributed by atoms with Crippen LogP contribution in [0.15, 0.2) is 47.4 Å². The summed E-state index contributed by atoms with van der Waals surface area (Å²) < 4.78 is 28.8. The lowest BCUT2D eigenvalue weighted by atomic mass is 10.1. The largest absolute Gasteiger partial charge is 0.346 e. The zero-order valence-electron chi connectivity index (χ0n) is 16.2. The number of fused-ring (bicyclic) bond motifs is 1. The number of benzene rings is 2. The number of hydrogen-bond donors (Lipinski definition) is 2. The number of nitrogens with one attached hydrogen (secondary N) is 2. The molecule has 148 valence electrons. The molecule has 28 heavy (non-hydrogen) atoms. The van der Waals surface area contributed by atoms with E-state index in [1.165, 1.54) is 23.5 Å². The predicted molar refractivity (Wildman–Crippen MR) is 112 cm³/mol. The maximum absolute atomic E-state index is 12.7. The summed E-state index contributed by atoms with van der Waals surface area (Å²) in [7, 11) is -3.72. The number of rotatable bonds is 5. The number of hydrogen-bond acceptors (Lipinski definition) is 5. The predicted octanol–water partition coefficient (Wildman–Crippen LogP) is 3.61. The molecular weight excluding hydrogens is 394 g/mol. The number of carbonyl (C=O) groups is 1. The van der Waals surface area contributed by atoms with Gasteiger partial charge in [-0.15, -0.1) is 11.3 Å². The zero-order chi connectivity index (χ0) is 20.5. The summed E-state index contributed by atoms with van der Waals surface area (Å²) >= 11 is 1.52. The molecule has 6 nitrogen and oxygen atoms in total. The van der Waals surface area contributed by atoms with Gasteiger partial charge in [-0.3, -0.25) is 4.79 Å². The number of sulfonamides is 1. The topological polar surface area (TPSA) is 88.2 Å². The van der Waals surface area contributed by atoms with Crippen LogP contribution in [0.3, 0.4) is 0 Å². The molecule has 0 aliphatic heterocycles. The SMILES string of the molecule is Cc1ccc(S(=O)(=O)NC(C)(C)C)cc1C(=O)NCc1nc2ccccc2s1. The fourth-order valence-corrected chi connectivity index (χ4v) is 5.07. The summed E-state index contributed by atoms with van der Waals surface area (Å²) in [5, 5.41) is 3.63. The van der Waals surface area contributed by atoms with Crippen LogP contribution in [0, 0.1) is 6.92 Å². The first-order valence-electron chi connectivity index (χ1n) is 8.82. The van der Waals surface area contributed by atoms with Crippen molar-refractivity contribution in [1.82, 2.24) is 15.0 Å². The van der Waals surface area contributed by atoms with Gasteiger partial charge in [-0.2, -0.15) is 0 Å². The molecule has 2 aromatic carbocycles. The Hall–Kier alpha value is -2.29. The highest BCUT2D eigenvalue weighted by Gasteiger charge is 2.23. The molecule has 0 spiro atoms. The van der Waals surface area contributed by atoms with Crippen LogP contribution in [0.5, 0.6) is 0 Å². The number of nitrogens with zero attached hydrogens (tertiary/aromatic N) is 1. The van der Waals surface area contributed by atoms with Crippen LogP contribution in [0.2, 0.25) is 0 Å². The number of aryl methyl sites for hydroxylation is 1. The Morgan fingerprint density at radius 2 is 1.86 bits per heavy atom. The van der Waals surface area contributed by atoms with E-state index in [2.05, 4.69) is 15.0 Å². The Labute approximate surface area is 169 Å². The summed E-state index contributed by atoms with van der Waals surface area (Å²) in [5.74, 6) is -0.329. The highest BCUT2D eigenvalue weighted by molar-refractivity contribution is 7.89. The Morgan fingerprint density at radius 3 is 2.54 bits per heavy atom. The lowest BCUT2D eigenvalue weighted by Gasteiger charge is -2.20. The van der Waals surface area contributed by atoms with Gasteiger partial charge in [-0.05, 0) is 57.5 Å². The second kappa shape index (κ2) is 7.62. The molecule has 3 rings (SSSR count). The highest BCUT2D eigenvalue weighted by atomic mass is 32.2. The third-order valence-electron chi connectivity index (χ3n) is 3.94. The molecule has 0 saturated carbocycles. The second-order valence-electron chi connectivity index (χ2n) is 7.59. The molecule has 8 heteroatoms. The van der Waals surface area contributed by atoms with Crippen molar-refractivity contribution in [3.05, 3.63) is 58.6 Å². The quantitative estimate of drug-likeness (QED) is 0.664. The molecule has 0 aliphatic rings. The third kappa shape index (κ3) is 4.76. The Balaban J connectivity index is 1.79. The highest BCUT2D eigenvalue weighted by Crippen LogP contribution is 2.22. The van der Waals surface area contributed by atoms with Crippen molar-refractivity contribution in [1.29, 1.82) is 0 Å². The van der Waals surface area contributed by atoms with E-state index in [9.17, 15) is 13.2 Å². The van der Waals surface area contributed by atoms with E-state index >= 15 is 0 Å². The van der Waals surface area contributed by atoms with Crippen molar-refractivity contribution in [2.75, 3.05) is 0 Å².